The first kappa shape index (κ1) is 14.4. The molecule has 1 aromatic carbocycles. The van der Waals surface area contributed by atoms with Gasteiger partial charge in [-0.15, -0.1) is 0 Å². The molecule has 1 aliphatic rings. The first-order valence-corrected chi connectivity index (χ1v) is 7.31. The summed E-state index contributed by atoms with van der Waals surface area (Å²) in [7, 11) is 0. The Labute approximate surface area is 128 Å². The van der Waals surface area contributed by atoms with Gasteiger partial charge in [-0.3, -0.25) is 9.59 Å². The molecule has 0 spiro atoms. The van der Waals surface area contributed by atoms with Crippen LogP contribution in [0.25, 0.3) is 0 Å². The van der Waals surface area contributed by atoms with Gasteiger partial charge in [-0.05, 0) is 49.6 Å². The molecular formula is C17H18N2O3. The van der Waals surface area contributed by atoms with Crippen molar-refractivity contribution in [1.82, 2.24) is 4.90 Å². The Morgan fingerprint density at radius 1 is 1.18 bits per heavy atom. The number of nitrogens with zero attached hydrogens (tertiary/aromatic N) is 1. The van der Waals surface area contributed by atoms with Gasteiger partial charge in [-0.1, -0.05) is 12.1 Å². The lowest BCUT2D eigenvalue weighted by atomic mass is 10.1. The summed E-state index contributed by atoms with van der Waals surface area (Å²) in [6.45, 7) is 2.32. The smallest absolute Gasteiger partial charge is 0.290 e. The Hall–Kier alpha value is -2.56. The topological polar surface area (TPSA) is 76.5 Å². The van der Waals surface area contributed by atoms with Gasteiger partial charge in [0.1, 0.15) is 5.76 Å². The van der Waals surface area contributed by atoms with Crippen LogP contribution in [0.15, 0.2) is 40.8 Å². The van der Waals surface area contributed by atoms with E-state index < -0.39 is 5.91 Å². The summed E-state index contributed by atoms with van der Waals surface area (Å²) in [5, 5.41) is 0. The van der Waals surface area contributed by atoms with E-state index in [-0.39, 0.29) is 11.9 Å². The number of primary amides is 1. The fraction of sp³-hybridized carbons (Fsp3) is 0.294. The Kier molecular flexibility index (Phi) is 3.71. The molecule has 1 saturated carbocycles. The van der Waals surface area contributed by atoms with Crippen LogP contribution in [-0.4, -0.2) is 22.8 Å². The number of hydrogen-bond acceptors (Lipinski definition) is 3. The van der Waals surface area contributed by atoms with E-state index in [0.717, 1.165) is 24.2 Å². The maximum Gasteiger partial charge on any atom is 0.290 e. The van der Waals surface area contributed by atoms with Crippen LogP contribution in [-0.2, 0) is 6.54 Å². The SMILES string of the molecule is Cc1ccc(C(=O)N(Cc2ccc(C(N)=O)cc2)C2CC2)o1. The number of amides is 2. The van der Waals surface area contributed by atoms with E-state index in [4.69, 9.17) is 10.2 Å². The van der Waals surface area contributed by atoms with Crippen molar-refractivity contribution in [2.24, 2.45) is 5.73 Å². The second-order valence-electron chi connectivity index (χ2n) is 5.64. The molecule has 2 aromatic rings. The monoisotopic (exact) mass is 298 g/mol. The zero-order valence-corrected chi connectivity index (χ0v) is 12.4. The van der Waals surface area contributed by atoms with Gasteiger partial charge in [0.25, 0.3) is 5.91 Å². The Bertz CT molecular complexity index is 699. The lowest BCUT2D eigenvalue weighted by Crippen LogP contribution is -2.32. The van der Waals surface area contributed by atoms with Gasteiger partial charge in [-0.2, -0.15) is 0 Å². The van der Waals surface area contributed by atoms with E-state index in [1.807, 2.05) is 24.0 Å². The summed E-state index contributed by atoms with van der Waals surface area (Å²) in [5.41, 5.74) is 6.67. The number of rotatable bonds is 5. The van der Waals surface area contributed by atoms with Gasteiger partial charge in [0.05, 0.1) is 0 Å². The molecule has 0 unspecified atom stereocenters. The van der Waals surface area contributed by atoms with Gasteiger partial charge in [0.15, 0.2) is 5.76 Å². The van der Waals surface area contributed by atoms with Crippen LogP contribution in [0.3, 0.4) is 0 Å². The third kappa shape index (κ3) is 3.03. The fourth-order valence-corrected chi connectivity index (χ4v) is 2.42. The molecule has 2 N–H and O–H groups in total. The van der Waals surface area contributed by atoms with E-state index in [2.05, 4.69) is 0 Å². The first-order valence-electron chi connectivity index (χ1n) is 7.31. The van der Waals surface area contributed by atoms with Gasteiger partial charge in [-0.25, -0.2) is 0 Å². The van der Waals surface area contributed by atoms with Crippen LogP contribution in [0.4, 0.5) is 0 Å². The third-order valence-electron chi connectivity index (χ3n) is 3.79. The van der Waals surface area contributed by atoms with Crippen molar-refractivity contribution in [1.29, 1.82) is 0 Å². The highest BCUT2D eigenvalue weighted by molar-refractivity contribution is 5.93. The summed E-state index contributed by atoms with van der Waals surface area (Å²) in [6, 6.07) is 10.8. The molecule has 5 heteroatoms. The van der Waals surface area contributed by atoms with E-state index in [0.29, 0.717) is 17.9 Å². The molecule has 0 bridgehead atoms. The molecule has 3 rings (SSSR count). The minimum Gasteiger partial charge on any atom is -0.456 e. The molecule has 5 nitrogen and oxygen atoms in total. The number of furan rings is 1. The van der Waals surface area contributed by atoms with Crippen LogP contribution < -0.4 is 5.73 Å². The molecule has 22 heavy (non-hydrogen) atoms. The summed E-state index contributed by atoms with van der Waals surface area (Å²) in [4.78, 5) is 25.5. The molecule has 1 heterocycles. The quantitative estimate of drug-likeness (QED) is 0.921. The van der Waals surface area contributed by atoms with E-state index in [9.17, 15) is 9.59 Å². The predicted octanol–water partition coefficient (Wildman–Crippen LogP) is 2.49. The maximum atomic E-state index is 12.6. The van der Waals surface area contributed by atoms with Gasteiger partial charge >= 0.3 is 0 Å². The van der Waals surface area contributed by atoms with Gasteiger partial charge in [0.2, 0.25) is 5.91 Å². The molecule has 1 aliphatic carbocycles. The second kappa shape index (κ2) is 5.67. The summed E-state index contributed by atoms with van der Waals surface area (Å²) < 4.78 is 5.44. The normalized spacial score (nSPS) is 13.9. The highest BCUT2D eigenvalue weighted by Gasteiger charge is 2.34. The van der Waals surface area contributed by atoms with Crippen molar-refractivity contribution in [3.05, 3.63) is 59.0 Å². The molecule has 0 atom stereocenters. The Morgan fingerprint density at radius 2 is 1.86 bits per heavy atom. The van der Waals surface area contributed by atoms with Gasteiger partial charge < -0.3 is 15.1 Å². The van der Waals surface area contributed by atoms with Crippen LogP contribution in [0.5, 0.6) is 0 Å². The van der Waals surface area contributed by atoms with Crippen molar-refractivity contribution >= 4 is 11.8 Å². The molecule has 0 saturated heterocycles. The predicted molar refractivity (Wildman–Crippen MR) is 81.3 cm³/mol. The lowest BCUT2D eigenvalue weighted by Gasteiger charge is -2.21. The van der Waals surface area contributed by atoms with Crippen molar-refractivity contribution in [2.45, 2.75) is 32.4 Å². The van der Waals surface area contributed by atoms with Gasteiger partial charge in [0, 0.05) is 18.2 Å². The molecule has 1 aromatic heterocycles. The minimum atomic E-state index is -0.451. The Morgan fingerprint density at radius 3 is 2.36 bits per heavy atom. The maximum absolute atomic E-state index is 12.6. The number of carbonyl (C=O) groups is 2. The minimum absolute atomic E-state index is 0.0884. The van der Waals surface area contributed by atoms with Crippen LogP contribution in [0.1, 0.15) is 45.1 Å². The molecule has 1 fully saturated rings. The van der Waals surface area contributed by atoms with E-state index in [1.54, 1.807) is 24.3 Å². The zero-order valence-electron chi connectivity index (χ0n) is 12.4. The van der Waals surface area contributed by atoms with Crippen LogP contribution in [0, 0.1) is 6.92 Å². The fourth-order valence-electron chi connectivity index (χ4n) is 2.42. The molecular weight excluding hydrogens is 280 g/mol. The van der Waals surface area contributed by atoms with E-state index in [1.165, 1.54) is 0 Å². The zero-order chi connectivity index (χ0) is 15.7. The molecule has 0 radical (unpaired) electrons. The summed E-state index contributed by atoms with van der Waals surface area (Å²) in [5.74, 6) is 0.561. The molecule has 114 valence electrons. The Balaban J connectivity index is 1.77. The second-order valence-corrected chi connectivity index (χ2v) is 5.64. The number of nitrogens with two attached hydrogens (primary N) is 1. The average Bonchev–Trinajstić information content (AvgIpc) is 3.25. The lowest BCUT2D eigenvalue weighted by molar-refractivity contribution is 0.0695. The number of hydrogen-bond donors (Lipinski definition) is 1. The first-order chi connectivity index (χ1) is 10.5. The summed E-state index contributed by atoms with van der Waals surface area (Å²) >= 11 is 0. The largest absolute Gasteiger partial charge is 0.456 e. The summed E-state index contributed by atoms with van der Waals surface area (Å²) in [6.07, 6.45) is 2.04. The van der Waals surface area contributed by atoms with Crippen LogP contribution in [0.2, 0.25) is 0 Å². The van der Waals surface area contributed by atoms with Crippen molar-refractivity contribution in [3.8, 4) is 0 Å². The van der Waals surface area contributed by atoms with Crippen molar-refractivity contribution < 1.29 is 14.0 Å². The molecule has 0 aliphatic heterocycles. The van der Waals surface area contributed by atoms with E-state index >= 15 is 0 Å². The van der Waals surface area contributed by atoms with Crippen molar-refractivity contribution in [2.75, 3.05) is 0 Å². The number of aryl methyl sites for hydroxylation is 1. The number of carbonyl (C=O) groups excluding carboxylic acids is 2. The molecule has 2 amide bonds. The highest BCUT2D eigenvalue weighted by Crippen LogP contribution is 2.30. The third-order valence-corrected chi connectivity index (χ3v) is 3.79. The standard InChI is InChI=1S/C17H18N2O3/c1-11-2-9-15(22-11)17(21)19(14-7-8-14)10-12-3-5-13(6-4-12)16(18)20/h2-6,9,14H,7-8,10H2,1H3,(H2,18,20). The van der Waals surface area contributed by atoms with Crippen LogP contribution >= 0.6 is 0 Å². The highest BCUT2D eigenvalue weighted by atomic mass is 16.3. The average molecular weight is 298 g/mol. The number of benzene rings is 1. The van der Waals surface area contributed by atoms with Crippen molar-refractivity contribution in [3.63, 3.8) is 0 Å².